The van der Waals surface area contributed by atoms with E-state index in [0.29, 0.717) is 5.56 Å². The molecule has 4 nitrogen and oxygen atoms in total. The van der Waals surface area contributed by atoms with E-state index in [-0.39, 0.29) is 5.56 Å². The van der Waals surface area contributed by atoms with Gasteiger partial charge in [0.2, 0.25) is 5.95 Å². The SMILES string of the molecule is Cc1cnc(N2CC3CC3C2)[nH]c1=O. The van der Waals surface area contributed by atoms with Crippen molar-refractivity contribution in [1.29, 1.82) is 0 Å². The fourth-order valence-corrected chi connectivity index (χ4v) is 2.18. The average Bonchev–Trinajstić information content (AvgIpc) is 2.78. The van der Waals surface area contributed by atoms with E-state index in [0.717, 1.165) is 30.9 Å². The highest BCUT2D eigenvalue weighted by molar-refractivity contribution is 5.34. The number of hydrogen-bond donors (Lipinski definition) is 1. The van der Waals surface area contributed by atoms with E-state index in [1.165, 1.54) is 6.42 Å². The standard InChI is InChI=1S/C10H13N3O/c1-6-3-11-10(12-9(6)14)13-4-7-2-8(7)5-13/h3,7-8H,2,4-5H2,1H3,(H,11,12,14). The van der Waals surface area contributed by atoms with E-state index in [2.05, 4.69) is 14.9 Å². The van der Waals surface area contributed by atoms with E-state index >= 15 is 0 Å². The quantitative estimate of drug-likeness (QED) is 0.704. The normalized spacial score (nSPS) is 29.1. The van der Waals surface area contributed by atoms with Crippen LogP contribution in [0.25, 0.3) is 0 Å². The summed E-state index contributed by atoms with van der Waals surface area (Å²) < 4.78 is 0. The molecule has 2 unspecified atom stereocenters. The third kappa shape index (κ3) is 1.14. The Bertz CT molecular complexity index is 416. The number of aryl methyl sites for hydroxylation is 1. The lowest BCUT2D eigenvalue weighted by Gasteiger charge is -2.17. The summed E-state index contributed by atoms with van der Waals surface area (Å²) in [6.45, 7) is 3.91. The van der Waals surface area contributed by atoms with Crippen molar-refractivity contribution in [3.63, 3.8) is 0 Å². The fraction of sp³-hybridized carbons (Fsp3) is 0.600. The number of nitrogens with zero attached hydrogens (tertiary/aromatic N) is 2. The van der Waals surface area contributed by atoms with Crippen molar-refractivity contribution in [3.05, 3.63) is 22.1 Å². The summed E-state index contributed by atoms with van der Waals surface area (Å²) in [6.07, 6.45) is 3.02. The minimum absolute atomic E-state index is 0.0180. The van der Waals surface area contributed by atoms with Gasteiger partial charge in [-0.05, 0) is 25.2 Å². The number of anilines is 1. The van der Waals surface area contributed by atoms with Gasteiger partial charge in [-0.15, -0.1) is 0 Å². The molecule has 2 aliphatic rings. The summed E-state index contributed by atoms with van der Waals surface area (Å²) in [5.41, 5.74) is 0.661. The van der Waals surface area contributed by atoms with Crippen molar-refractivity contribution in [2.24, 2.45) is 11.8 Å². The largest absolute Gasteiger partial charge is 0.342 e. The maximum Gasteiger partial charge on any atom is 0.255 e. The molecular weight excluding hydrogens is 178 g/mol. The van der Waals surface area contributed by atoms with Crippen LogP contribution in [0.3, 0.4) is 0 Å². The second-order valence-corrected chi connectivity index (χ2v) is 4.38. The summed E-state index contributed by atoms with van der Waals surface area (Å²) in [7, 11) is 0. The van der Waals surface area contributed by atoms with Crippen LogP contribution in [-0.2, 0) is 0 Å². The zero-order valence-corrected chi connectivity index (χ0v) is 8.16. The minimum Gasteiger partial charge on any atom is -0.342 e. The number of nitrogens with one attached hydrogen (secondary N) is 1. The van der Waals surface area contributed by atoms with E-state index in [4.69, 9.17) is 0 Å². The van der Waals surface area contributed by atoms with Gasteiger partial charge in [-0.1, -0.05) is 0 Å². The smallest absolute Gasteiger partial charge is 0.255 e. The molecule has 14 heavy (non-hydrogen) atoms. The molecular formula is C10H13N3O. The maximum atomic E-state index is 11.4. The number of fused-ring (bicyclic) bond motifs is 1. The van der Waals surface area contributed by atoms with Crippen LogP contribution in [0.1, 0.15) is 12.0 Å². The van der Waals surface area contributed by atoms with Crippen LogP contribution >= 0.6 is 0 Å². The van der Waals surface area contributed by atoms with E-state index in [9.17, 15) is 4.79 Å². The third-order valence-corrected chi connectivity index (χ3v) is 3.24. The third-order valence-electron chi connectivity index (χ3n) is 3.24. The van der Waals surface area contributed by atoms with Crippen molar-refractivity contribution in [2.75, 3.05) is 18.0 Å². The van der Waals surface area contributed by atoms with Crippen molar-refractivity contribution in [3.8, 4) is 0 Å². The molecule has 2 fully saturated rings. The molecule has 1 aromatic rings. The van der Waals surface area contributed by atoms with E-state index in [1.54, 1.807) is 13.1 Å². The van der Waals surface area contributed by atoms with Gasteiger partial charge in [0.15, 0.2) is 0 Å². The Balaban J connectivity index is 1.89. The Hall–Kier alpha value is -1.32. The Labute approximate surface area is 82.0 Å². The first kappa shape index (κ1) is 8.03. The molecule has 4 heteroatoms. The summed E-state index contributed by atoms with van der Waals surface area (Å²) in [5, 5.41) is 0. The number of aromatic amines is 1. The maximum absolute atomic E-state index is 11.4. The highest BCUT2D eigenvalue weighted by Crippen LogP contribution is 2.45. The molecule has 1 N–H and O–H groups in total. The number of H-pyrrole nitrogens is 1. The van der Waals surface area contributed by atoms with Crippen LogP contribution in [0.5, 0.6) is 0 Å². The molecule has 1 aliphatic heterocycles. The molecule has 1 saturated heterocycles. The molecule has 0 spiro atoms. The van der Waals surface area contributed by atoms with Crippen molar-refractivity contribution in [2.45, 2.75) is 13.3 Å². The Morgan fingerprint density at radius 3 is 2.86 bits per heavy atom. The topological polar surface area (TPSA) is 49.0 Å². The van der Waals surface area contributed by atoms with E-state index in [1.807, 2.05) is 0 Å². The Morgan fingerprint density at radius 1 is 1.50 bits per heavy atom. The van der Waals surface area contributed by atoms with Crippen molar-refractivity contribution >= 4 is 5.95 Å². The minimum atomic E-state index is -0.0180. The van der Waals surface area contributed by atoms with Gasteiger partial charge in [-0.3, -0.25) is 9.78 Å². The molecule has 0 bridgehead atoms. The zero-order chi connectivity index (χ0) is 9.71. The number of piperidine rings is 1. The summed E-state index contributed by atoms with van der Waals surface area (Å²) in [4.78, 5) is 20.6. The lowest BCUT2D eigenvalue weighted by Crippen LogP contribution is -2.27. The Morgan fingerprint density at radius 2 is 2.21 bits per heavy atom. The van der Waals surface area contributed by atoms with Gasteiger partial charge in [0, 0.05) is 24.8 Å². The highest BCUT2D eigenvalue weighted by atomic mass is 16.1. The second kappa shape index (κ2) is 2.59. The Kier molecular flexibility index (Phi) is 1.48. The summed E-state index contributed by atoms with van der Waals surface area (Å²) >= 11 is 0. The fourth-order valence-electron chi connectivity index (χ4n) is 2.18. The van der Waals surface area contributed by atoms with Crippen molar-refractivity contribution in [1.82, 2.24) is 9.97 Å². The van der Waals surface area contributed by atoms with Gasteiger partial charge in [-0.2, -0.15) is 0 Å². The second-order valence-electron chi connectivity index (χ2n) is 4.38. The molecule has 1 saturated carbocycles. The first-order valence-corrected chi connectivity index (χ1v) is 5.05. The van der Waals surface area contributed by atoms with Crippen LogP contribution in [0.4, 0.5) is 5.95 Å². The first-order chi connectivity index (χ1) is 6.74. The summed E-state index contributed by atoms with van der Waals surface area (Å²) in [6, 6.07) is 0. The van der Waals surface area contributed by atoms with Crippen LogP contribution in [-0.4, -0.2) is 23.1 Å². The highest BCUT2D eigenvalue weighted by Gasteiger charge is 2.45. The number of rotatable bonds is 1. The first-order valence-electron chi connectivity index (χ1n) is 5.05. The van der Waals surface area contributed by atoms with Crippen LogP contribution in [0.2, 0.25) is 0 Å². The zero-order valence-electron chi connectivity index (χ0n) is 8.16. The van der Waals surface area contributed by atoms with Gasteiger partial charge < -0.3 is 4.90 Å². The summed E-state index contributed by atoms with van der Waals surface area (Å²) in [5.74, 6) is 2.47. The molecule has 0 radical (unpaired) electrons. The molecule has 0 amide bonds. The predicted molar refractivity (Wildman–Crippen MR) is 53.4 cm³/mol. The lowest BCUT2D eigenvalue weighted by atomic mass is 10.4. The van der Waals surface area contributed by atoms with Crippen molar-refractivity contribution < 1.29 is 0 Å². The van der Waals surface area contributed by atoms with Crippen LogP contribution in [0.15, 0.2) is 11.0 Å². The van der Waals surface area contributed by atoms with Gasteiger partial charge in [0.1, 0.15) is 0 Å². The molecule has 1 aliphatic carbocycles. The van der Waals surface area contributed by atoms with Gasteiger partial charge in [0.25, 0.3) is 5.56 Å². The molecule has 0 aromatic carbocycles. The number of hydrogen-bond acceptors (Lipinski definition) is 3. The van der Waals surface area contributed by atoms with Crippen LogP contribution < -0.4 is 10.5 Å². The lowest BCUT2D eigenvalue weighted by molar-refractivity contribution is 0.782. The molecule has 1 aromatic heterocycles. The molecule has 74 valence electrons. The van der Waals surface area contributed by atoms with Gasteiger partial charge in [-0.25, -0.2) is 4.98 Å². The number of aromatic nitrogens is 2. The molecule has 2 atom stereocenters. The predicted octanol–water partition coefficient (Wildman–Crippen LogP) is 0.534. The van der Waals surface area contributed by atoms with Crippen LogP contribution in [0, 0.1) is 18.8 Å². The van der Waals surface area contributed by atoms with Gasteiger partial charge in [0.05, 0.1) is 0 Å². The van der Waals surface area contributed by atoms with Gasteiger partial charge >= 0.3 is 0 Å². The molecule has 3 rings (SSSR count). The van der Waals surface area contributed by atoms with E-state index < -0.39 is 0 Å². The monoisotopic (exact) mass is 191 g/mol. The average molecular weight is 191 g/mol. The molecule has 2 heterocycles.